The van der Waals surface area contributed by atoms with Crippen molar-refractivity contribution in [3.05, 3.63) is 77.8 Å². The number of benzene rings is 2. The van der Waals surface area contributed by atoms with Crippen LogP contribution in [-0.4, -0.2) is 23.0 Å². The SMILES string of the molecule is Nc1ncnc2c1c(-c1ccc(NS(=O)(=O)/C=C/c3ccccc3)c(F)c1)cn2C1CCCC1. The van der Waals surface area contributed by atoms with Gasteiger partial charge in [0.15, 0.2) is 0 Å². The van der Waals surface area contributed by atoms with Crippen molar-refractivity contribution in [3.63, 3.8) is 0 Å². The third-order valence-corrected chi connectivity index (χ3v) is 7.13. The Kier molecular flexibility index (Phi) is 5.79. The minimum absolute atomic E-state index is 0.134. The Bertz CT molecular complexity index is 1480. The highest BCUT2D eigenvalue weighted by Crippen LogP contribution is 2.39. The summed E-state index contributed by atoms with van der Waals surface area (Å²) in [7, 11) is -3.90. The lowest BCUT2D eigenvalue weighted by molar-refractivity contribution is 0.532. The molecule has 3 N–H and O–H groups in total. The van der Waals surface area contributed by atoms with Gasteiger partial charge in [0.1, 0.15) is 23.6 Å². The third-order valence-electron chi connectivity index (χ3n) is 6.13. The van der Waals surface area contributed by atoms with Crippen LogP contribution < -0.4 is 10.5 Å². The molecule has 9 heteroatoms. The van der Waals surface area contributed by atoms with E-state index < -0.39 is 15.8 Å². The molecule has 0 unspecified atom stereocenters. The quantitative estimate of drug-likeness (QED) is 0.390. The normalized spacial score (nSPS) is 14.9. The summed E-state index contributed by atoms with van der Waals surface area (Å²) in [5.74, 6) is -0.362. The first-order valence-corrected chi connectivity index (χ1v) is 12.6. The molecule has 0 amide bonds. The number of anilines is 2. The number of hydrogen-bond acceptors (Lipinski definition) is 5. The molecular weight excluding hydrogens is 453 g/mol. The van der Waals surface area contributed by atoms with Crippen molar-refractivity contribution in [1.29, 1.82) is 0 Å². The molecule has 1 aliphatic rings. The highest BCUT2D eigenvalue weighted by atomic mass is 32.2. The Morgan fingerprint density at radius 3 is 2.59 bits per heavy atom. The number of nitrogens with two attached hydrogens (primary N) is 1. The molecule has 4 aromatic rings. The van der Waals surface area contributed by atoms with Crippen molar-refractivity contribution in [2.45, 2.75) is 31.7 Å². The molecule has 1 saturated carbocycles. The number of nitrogen functional groups attached to an aromatic ring is 1. The summed E-state index contributed by atoms with van der Waals surface area (Å²) in [6.07, 6.45) is 9.26. The zero-order chi connectivity index (χ0) is 23.7. The van der Waals surface area contributed by atoms with Crippen molar-refractivity contribution in [3.8, 4) is 11.1 Å². The van der Waals surface area contributed by atoms with Gasteiger partial charge in [-0.1, -0.05) is 49.2 Å². The van der Waals surface area contributed by atoms with E-state index in [9.17, 15) is 8.42 Å². The molecule has 0 atom stereocenters. The first kappa shape index (κ1) is 22.1. The molecule has 0 bridgehead atoms. The molecule has 1 fully saturated rings. The molecule has 0 aliphatic heterocycles. The number of nitrogens with zero attached hydrogens (tertiary/aromatic N) is 3. The van der Waals surface area contributed by atoms with E-state index in [2.05, 4.69) is 19.3 Å². The van der Waals surface area contributed by atoms with E-state index in [1.807, 2.05) is 12.3 Å². The monoisotopic (exact) mass is 477 g/mol. The van der Waals surface area contributed by atoms with Crippen LogP contribution in [0.1, 0.15) is 37.3 Å². The summed E-state index contributed by atoms with van der Waals surface area (Å²) >= 11 is 0. The average molecular weight is 478 g/mol. The molecule has 0 radical (unpaired) electrons. The summed E-state index contributed by atoms with van der Waals surface area (Å²) in [6.45, 7) is 0. The van der Waals surface area contributed by atoms with Gasteiger partial charge < -0.3 is 10.3 Å². The van der Waals surface area contributed by atoms with Crippen LogP contribution in [0.5, 0.6) is 0 Å². The molecular formula is C25H24FN5O2S. The Morgan fingerprint density at radius 1 is 1.09 bits per heavy atom. The number of halogens is 1. The lowest BCUT2D eigenvalue weighted by Gasteiger charge is -2.12. The van der Waals surface area contributed by atoms with Crippen molar-refractivity contribution < 1.29 is 12.8 Å². The predicted octanol–water partition coefficient (Wildman–Crippen LogP) is 5.35. The van der Waals surface area contributed by atoms with Crippen LogP contribution in [0.2, 0.25) is 0 Å². The molecule has 2 aromatic heterocycles. The van der Waals surface area contributed by atoms with E-state index in [4.69, 9.17) is 5.73 Å². The summed E-state index contributed by atoms with van der Waals surface area (Å²) in [4.78, 5) is 8.57. The van der Waals surface area contributed by atoms with Gasteiger partial charge in [0.25, 0.3) is 10.0 Å². The van der Waals surface area contributed by atoms with Gasteiger partial charge in [-0.15, -0.1) is 0 Å². The highest BCUT2D eigenvalue weighted by molar-refractivity contribution is 7.95. The predicted molar refractivity (Wildman–Crippen MR) is 133 cm³/mol. The Morgan fingerprint density at radius 2 is 1.85 bits per heavy atom. The molecule has 174 valence electrons. The van der Waals surface area contributed by atoms with E-state index in [0.29, 0.717) is 22.8 Å². The molecule has 7 nitrogen and oxygen atoms in total. The number of nitrogens with one attached hydrogen (secondary N) is 1. The standard InChI is InChI=1S/C25H24FN5O2S/c26-21-14-18(10-11-22(21)30-34(32,33)13-12-17-6-2-1-3-7-17)20-15-31(19-8-4-5-9-19)25-23(20)24(27)28-16-29-25/h1-3,6-7,10-16,19,30H,4-5,8-9H2,(H2,27,28,29)/b13-12+. The zero-order valence-corrected chi connectivity index (χ0v) is 19.2. The van der Waals surface area contributed by atoms with E-state index in [1.165, 1.54) is 24.5 Å². The number of hydrogen-bond donors (Lipinski definition) is 2. The van der Waals surface area contributed by atoms with E-state index in [-0.39, 0.29) is 5.69 Å². The van der Waals surface area contributed by atoms with Crippen LogP contribution in [0.3, 0.4) is 0 Å². The van der Waals surface area contributed by atoms with Crippen molar-refractivity contribution in [2.75, 3.05) is 10.5 Å². The van der Waals surface area contributed by atoms with Gasteiger partial charge in [-0.3, -0.25) is 4.72 Å². The number of rotatable bonds is 6. The first-order chi connectivity index (χ1) is 16.4. The largest absolute Gasteiger partial charge is 0.383 e. The van der Waals surface area contributed by atoms with Gasteiger partial charge in [0.2, 0.25) is 0 Å². The molecule has 5 rings (SSSR count). The fourth-order valence-electron chi connectivity index (χ4n) is 4.47. The van der Waals surface area contributed by atoms with Gasteiger partial charge in [-0.05, 0) is 42.2 Å². The molecule has 2 heterocycles. The van der Waals surface area contributed by atoms with Gasteiger partial charge >= 0.3 is 0 Å². The Labute approximate surface area is 197 Å². The van der Waals surface area contributed by atoms with Crippen LogP contribution in [-0.2, 0) is 10.0 Å². The van der Waals surface area contributed by atoms with Crippen LogP contribution in [0.25, 0.3) is 28.2 Å². The second kappa shape index (κ2) is 8.90. The van der Waals surface area contributed by atoms with Crippen LogP contribution >= 0.6 is 0 Å². The number of aromatic nitrogens is 3. The smallest absolute Gasteiger partial charge is 0.255 e. The molecule has 0 spiro atoms. The minimum atomic E-state index is -3.90. The van der Waals surface area contributed by atoms with Gasteiger partial charge in [0, 0.05) is 17.8 Å². The zero-order valence-electron chi connectivity index (χ0n) is 18.4. The molecule has 0 saturated heterocycles. The van der Waals surface area contributed by atoms with Gasteiger partial charge in [-0.25, -0.2) is 22.8 Å². The average Bonchev–Trinajstić information content (AvgIpc) is 3.48. The second-order valence-electron chi connectivity index (χ2n) is 8.40. The fraction of sp³-hybridized carbons (Fsp3) is 0.200. The summed E-state index contributed by atoms with van der Waals surface area (Å²) < 4.78 is 44.3. The molecule has 1 aliphatic carbocycles. The Hall–Kier alpha value is -3.72. The van der Waals surface area contributed by atoms with Crippen molar-refractivity contribution in [1.82, 2.24) is 14.5 Å². The Balaban J connectivity index is 1.47. The fourth-order valence-corrected chi connectivity index (χ4v) is 5.35. The van der Waals surface area contributed by atoms with Gasteiger partial charge in [-0.2, -0.15) is 0 Å². The molecule has 2 aromatic carbocycles. The van der Waals surface area contributed by atoms with Crippen LogP contribution in [0, 0.1) is 5.82 Å². The second-order valence-corrected chi connectivity index (χ2v) is 9.97. The summed E-state index contributed by atoms with van der Waals surface area (Å²) in [5.41, 5.74) is 8.79. The van der Waals surface area contributed by atoms with Crippen molar-refractivity contribution >= 4 is 38.6 Å². The highest BCUT2D eigenvalue weighted by Gasteiger charge is 2.23. The first-order valence-electron chi connectivity index (χ1n) is 11.1. The maximum absolute atomic E-state index is 15.0. The van der Waals surface area contributed by atoms with Gasteiger partial charge in [0.05, 0.1) is 16.5 Å². The lowest BCUT2D eigenvalue weighted by atomic mass is 10.1. The maximum Gasteiger partial charge on any atom is 0.255 e. The maximum atomic E-state index is 15.0. The van der Waals surface area contributed by atoms with E-state index >= 15 is 4.39 Å². The summed E-state index contributed by atoms with van der Waals surface area (Å²) in [5, 5.41) is 1.69. The minimum Gasteiger partial charge on any atom is -0.383 e. The number of fused-ring (bicyclic) bond motifs is 1. The lowest BCUT2D eigenvalue weighted by Crippen LogP contribution is -2.10. The van der Waals surface area contributed by atoms with Crippen molar-refractivity contribution in [2.24, 2.45) is 0 Å². The van der Waals surface area contributed by atoms with Crippen LogP contribution in [0.4, 0.5) is 15.9 Å². The topological polar surface area (TPSA) is 103 Å². The summed E-state index contributed by atoms with van der Waals surface area (Å²) in [6, 6.07) is 13.7. The number of sulfonamides is 1. The van der Waals surface area contributed by atoms with E-state index in [0.717, 1.165) is 47.9 Å². The van der Waals surface area contributed by atoms with Crippen LogP contribution in [0.15, 0.2) is 66.5 Å². The molecule has 34 heavy (non-hydrogen) atoms. The van der Waals surface area contributed by atoms with E-state index in [1.54, 1.807) is 30.3 Å². The third kappa shape index (κ3) is 4.38.